The minimum Gasteiger partial charge on any atom is -0.508 e. The maximum Gasteiger partial charge on any atom is 0.313 e. The zero-order chi connectivity index (χ0) is 16.8. The number of carboxylic acid groups (broad SMARTS) is 1. The van der Waals surface area contributed by atoms with Crippen molar-refractivity contribution in [3.63, 3.8) is 0 Å². The molecule has 2 aromatic rings. The van der Waals surface area contributed by atoms with Gasteiger partial charge in [0.2, 0.25) is 0 Å². The van der Waals surface area contributed by atoms with Gasteiger partial charge < -0.3 is 15.1 Å². The highest BCUT2D eigenvalue weighted by molar-refractivity contribution is 6.00. The van der Waals surface area contributed by atoms with Crippen molar-refractivity contribution in [2.45, 2.75) is 30.8 Å². The summed E-state index contributed by atoms with van der Waals surface area (Å²) in [5.41, 5.74) is 1.77. The van der Waals surface area contributed by atoms with Gasteiger partial charge in [-0.05, 0) is 42.2 Å². The number of carboxylic acids is 1. The highest BCUT2D eigenvalue weighted by Gasteiger charge is 2.49. The molecular weight excluding hydrogens is 306 g/mol. The van der Waals surface area contributed by atoms with E-state index in [-0.39, 0.29) is 17.7 Å². The first-order chi connectivity index (χ1) is 11.6. The van der Waals surface area contributed by atoms with Crippen molar-refractivity contribution < 1.29 is 19.8 Å². The SMILES string of the molecule is O=C(O)C1c2ccccc2C(=O)N(C2CC2)C1c1ccc(O)cc1. The van der Waals surface area contributed by atoms with Crippen LogP contribution in [0.3, 0.4) is 0 Å². The zero-order valence-corrected chi connectivity index (χ0v) is 12.9. The maximum atomic E-state index is 13.0. The molecule has 4 rings (SSSR count). The van der Waals surface area contributed by atoms with Crippen LogP contribution in [0.25, 0.3) is 0 Å². The normalized spacial score (nSPS) is 23.0. The highest BCUT2D eigenvalue weighted by Crippen LogP contribution is 2.47. The van der Waals surface area contributed by atoms with Crippen molar-refractivity contribution in [2.75, 3.05) is 0 Å². The fourth-order valence-corrected chi connectivity index (χ4v) is 3.60. The molecule has 1 aliphatic carbocycles. The number of benzene rings is 2. The molecule has 1 amide bonds. The molecule has 2 N–H and O–H groups in total. The molecule has 122 valence electrons. The van der Waals surface area contributed by atoms with Crippen LogP contribution in [0.1, 0.15) is 46.3 Å². The van der Waals surface area contributed by atoms with Crippen molar-refractivity contribution >= 4 is 11.9 Å². The number of phenols is 1. The number of rotatable bonds is 3. The Kier molecular flexibility index (Phi) is 3.30. The average molecular weight is 323 g/mol. The van der Waals surface area contributed by atoms with Gasteiger partial charge in [-0.2, -0.15) is 0 Å². The fraction of sp³-hybridized carbons (Fsp3) is 0.263. The third-order valence-electron chi connectivity index (χ3n) is 4.82. The molecule has 0 bridgehead atoms. The van der Waals surface area contributed by atoms with Crippen molar-refractivity contribution in [2.24, 2.45) is 0 Å². The predicted octanol–water partition coefficient (Wildman–Crippen LogP) is 2.92. The summed E-state index contributed by atoms with van der Waals surface area (Å²) < 4.78 is 0. The standard InChI is InChI=1S/C19H17NO4/c21-13-9-5-11(6-10-13)17-16(19(23)24)14-3-1-2-4-15(14)18(22)20(17)12-7-8-12/h1-6,9-10,12,16-17,21H,7-8H2,(H,23,24). The Hall–Kier alpha value is -2.82. The first-order valence-corrected chi connectivity index (χ1v) is 8.01. The van der Waals surface area contributed by atoms with Crippen molar-refractivity contribution in [1.29, 1.82) is 0 Å². The molecule has 24 heavy (non-hydrogen) atoms. The van der Waals surface area contributed by atoms with Gasteiger partial charge in [0, 0.05) is 11.6 Å². The summed E-state index contributed by atoms with van der Waals surface area (Å²) in [6.45, 7) is 0. The van der Waals surface area contributed by atoms with Crippen LogP contribution < -0.4 is 0 Å². The zero-order valence-electron chi connectivity index (χ0n) is 12.9. The molecule has 0 aromatic heterocycles. The fourth-order valence-electron chi connectivity index (χ4n) is 3.60. The van der Waals surface area contributed by atoms with Gasteiger partial charge in [-0.3, -0.25) is 9.59 Å². The molecular formula is C19H17NO4. The Labute approximate surface area is 139 Å². The van der Waals surface area contributed by atoms with Crippen LogP contribution in [0.5, 0.6) is 5.75 Å². The number of nitrogens with zero attached hydrogens (tertiary/aromatic N) is 1. The van der Waals surface area contributed by atoms with E-state index in [4.69, 9.17) is 0 Å². The maximum absolute atomic E-state index is 13.0. The van der Waals surface area contributed by atoms with E-state index < -0.39 is 17.9 Å². The minimum atomic E-state index is -0.946. The van der Waals surface area contributed by atoms with Gasteiger partial charge in [0.25, 0.3) is 5.91 Å². The number of carbonyl (C=O) groups excluding carboxylic acids is 1. The van der Waals surface area contributed by atoms with Gasteiger partial charge in [-0.25, -0.2) is 0 Å². The van der Waals surface area contributed by atoms with Crippen LogP contribution in [0.15, 0.2) is 48.5 Å². The lowest BCUT2D eigenvalue weighted by molar-refractivity contribution is -0.140. The molecule has 5 nitrogen and oxygen atoms in total. The van der Waals surface area contributed by atoms with Gasteiger partial charge in [0.1, 0.15) is 11.7 Å². The number of carbonyl (C=O) groups is 2. The lowest BCUT2D eigenvalue weighted by atomic mass is 9.79. The molecule has 0 radical (unpaired) electrons. The lowest BCUT2D eigenvalue weighted by Crippen LogP contribution is -2.46. The summed E-state index contributed by atoms with van der Waals surface area (Å²) in [7, 11) is 0. The average Bonchev–Trinajstić information content (AvgIpc) is 3.40. The lowest BCUT2D eigenvalue weighted by Gasteiger charge is -2.41. The summed E-state index contributed by atoms with van der Waals surface area (Å²) >= 11 is 0. The molecule has 2 aromatic carbocycles. The van der Waals surface area contributed by atoms with Crippen molar-refractivity contribution in [1.82, 2.24) is 4.90 Å². The second kappa shape index (κ2) is 5.37. The Morgan fingerprint density at radius 3 is 2.33 bits per heavy atom. The summed E-state index contributed by atoms with van der Waals surface area (Å²) in [6.07, 6.45) is 1.80. The molecule has 1 fully saturated rings. The molecule has 2 aliphatic rings. The number of hydrogen-bond donors (Lipinski definition) is 2. The summed E-state index contributed by atoms with van der Waals surface area (Å²) in [5, 5.41) is 19.4. The quantitative estimate of drug-likeness (QED) is 0.910. The second-order valence-corrected chi connectivity index (χ2v) is 6.38. The molecule has 1 aliphatic heterocycles. The van der Waals surface area contributed by atoms with E-state index in [0.717, 1.165) is 18.4 Å². The second-order valence-electron chi connectivity index (χ2n) is 6.38. The molecule has 0 spiro atoms. The van der Waals surface area contributed by atoms with Gasteiger partial charge in [-0.1, -0.05) is 30.3 Å². The topological polar surface area (TPSA) is 77.8 Å². The number of aromatic hydroxyl groups is 1. The van der Waals surface area contributed by atoms with Gasteiger partial charge in [0.05, 0.1) is 6.04 Å². The van der Waals surface area contributed by atoms with Crippen LogP contribution >= 0.6 is 0 Å². The van der Waals surface area contributed by atoms with E-state index in [1.807, 2.05) is 0 Å². The molecule has 1 heterocycles. The van der Waals surface area contributed by atoms with Crippen LogP contribution in [-0.2, 0) is 4.79 Å². The van der Waals surface area contributed by atoms with Crippen LogP contribution in [0, 0.1) is 0 Å². The van der Waals surface area contributed by atoms with Crippen LogP contribution in [-0.4, -0.2) is 33.0 Å². The largest absolute Gasteiger partial charge is 0.508 e. The Morgan fingerprint density at radius 1 is 1.04 bits per heavy atom. The number of fused-ring (bicyclic) bond motifs is 1. The molecule has 0 saturated heterocycles. The molecule has 2 atom stereocenters. The Morgan fingerprint density at radius 2 is 1.71 bits per heavy atom. The Bertz CT molecular complexity index is 810. The van der Waals surface area contributed by atoms with Crippen LogP contribution in [0.2, 0.25) is 0 Å². The first-order valence-electron chi connectivity index (χ1n) is 8.01. The van der Waals surface area contributed by atoms with Gasteiger partial charge in [-0.15, -0.1) is 0 Å². The molecule has 2 unspecified atom stereocenters. The van der Waals surface area contributed by atoms with Gasteiger partial charge in [0.15, 0.2) is 0 Å². The van der Waals surface area contributed by atoms with E-state index >= 15 is 0 Å². The van der Waals surface area contributed by atoms with E-state index in [1.165, 1.54) is 12.1 Å². The summed E-state index contributed by atoms with van der Waals surface area (Å²) in [6, 6.07) is 13.0. The van der Waals surface area contributed by atoms with E-state index in [9.17, 15) is 19.8 Å². The Balaban J connectivity index is 1.91. The molecule has 1 saturated carbocycles. The number of hydrogen-bond acceptors (Lipinski definition) is 3. The summed E-state index contributed by atoms with van der Waals surface area (Å²) in [4.78, 5) is 26.8. The highest BCUT2D eigenvalue weighted by atomic mass is 16.4. The number of phenolic OH excluding ortho intramolecular Hbond substituents is 1. The monoisotopic (exact) mass is 323 g/mol. The predicted molar refractivity (Wildman–Crippen MR) is 86.9 cm³/mol. The van der Waals surface area contributed by atoms with Gasteiger partial charge >= 0.3 is 5.97 Å². The summed E-state index contributed by atoms with van der Waals surface area (Å²) in [5.74, 6) is -1.75. The van der Waals surface area contributed by atoms with E-state index in [0.29, 0.717) is 11.1 Å². The van der Waals surface area contributed by atoms with Crippen LogP contribution in [0.4, 0.5) is 0 Å². The van der Waals surface area contributed by atoms with Crippen molar-refractivity contribution in [3.8, 4) is 5.75 Å². The number of amides is 1. The number of aliphatic carboxylic acids is 1. The smallest absolute Gasteiger partial charge is 0.313 e. The van der Waals surface area contributed by atoms with E-state index in [1.54, 1.807) is 41.3 Å². The first kappa shape index (κ1) is 14.8. The van der Waals surface area contributed by atoms with E-state index in [2.05, 4.69) is 0 Å². The third kappa shape index (κ3) is 2.24. The molecule has 5 heteroatoms. The minimum absolute atomic E-state index is 0.0894. The third-order valence-corrected chi connectivity index (χ3v) is 4.82. The van der Waals surface area contributed by atoms with Crippen molar-refractivity contribution in [3.05, 3.63) is 65.2 Å².